The van der Waals surface area contributed by atoms with Crippen molar-refractivity contribution < 1.29 is 9.47 Å². The summed E-state index contributed by atoms with van der Waals surface area (Å²) in [5, 5.41) is 0. The molecule has 2 N–H and O–H groups in total. The van der Waals surface area contributed by atoms with Crippen LogP contribution >= 0.6 is 0 Å². The van der Waals surface area contributed by atoms with Crippen molar-refractivity contribution in [2.45, 2.75) is 6.54 Å². The summed E-state index contributed by atoms with van der Waals surface area (Å²) in [6.07, 6.45) is 3.53. The van der Waals surface area contributed by atoms with E-state index in [9.17, 15) is 0 Å². The van der Waals surface area contributed by atoms with E-state index in [1.165, 1.54) is 0 Å². The van der Waals surface area contributed by atoms with Crippen LogP contribution in [0.25, 0.3) is 11.1 Å². The summed E-state index contributed by atoms with van der Waals surface area (Å²) in [6.45, 7) is 0.457. The van der Waals surface area contributed by atoms with Gasteiger partial charge >= 0.3 is 0 Å². The molecule has 18 heavy (non-hydrogen) atoms. The first kappa shape index (κ1) is 12.4. The minimum Gasteiger partial charge on any atom is -0.496 e. The number of aromatic nitrogens is 1. The maximum absolute atomic E-state index is 5.64. The summed E-state index contributed by atoms with van der Waals surface area (Å²) in [5.74, 6) is 1.51. The molecule has 0 radical (unpaired) electrons. The first-order valence-electron chi connectivity index (χ1n) is 5.65. The van der Waals surface area contributed by atoms with Crippen molar-refractivity contribution in [1.29, 1.82) is 0 Å². The Bertz CT molecular complexity index is 519. The first-order valence-corrected chi connectivity index (χ1v) is 5.65. The summed E-state index contributed by atoms with van der Waals surface area (Å²) in [4.78, 5) is 4.19. The van der Waals surface area contributed by atoms with E-state index < -0.39 is 0 Å². The van der Waals surface area contributed by atoms with Gasteiger partial charge in [-0.3, -0.25) is 4.98 Å². The van der Waals surface area contributed by atoms with Crippen LogP contribution < -0.4 is 15.2 Å². The molecule has 0 aliphatic heterocycles. The predicted octanol–water partition coefficient (Wildman–Crippen LogP) is 2.22. The van der Waals surface area contributed by atoms with Crippen LogP contribution in [0.3, 0.4) is 0 Å². The summed E-state index contributed by atoms with van der Waals surface area (Å²) in [6, 6.07) is 7.68. The lowest BCUT2D eigenvalue weighted by molar-refractivity contribution is 0.397. The Hall–Kier alpha value is -2.07. The SMILES string of the molecule is COc1cccc(OC)c1-c1cncc(CN)c1. The van der Waals surface area contributed by atoms with Crippen molar-refractivity contribution in [3.8, 4) is 22.6 Å². The molecule has 0 amide bonds. The quantitative estimate of drug-likeness (QED) is 0.896. The number of ether oxygens (including phenoxy) is 2. The Balaban J connectivity index is 2.60. The molecule has 4 nitrogen and oxygen atoms in total. The van der Waals surface area contributed by atoms with Gasteiger partial charge in [0.15, 0.2) is 0 Å². The Morgan fingerprint density at radius 1 is 1.11 bits per heavy atom. The zero-order chi connectivity index (χ0) is 13.0. The van der Waals surface area contributed by atoms with Gasteiger partial charge in [0, 0.05) is 24.5 Å². The van der Waals surface area contributed by atoms with Crippen molar-refractivity contribution in [1.82, 2.24) is 4.98 Å². The molecule has 2 rings (SSSR count). The van der Waals surface area contributed by atoms with Gasteiger partial charge in [-0.2, -0.15) is 0 Å². The number of hydrogen-bond donors (Lipinski definition) is 1. The number of nitrogens with zero attached hydrogens (tertiary/aromatic N) is 1. The fourth-order valence-corrected chi connectivity index (χ4v) is 1.87. The molecule has 1 aromatic carbocycles. The third-order valence-electron chi connectivity index (χ3n) is 2.75. The van der Waals surface area contributed by atoms with Gasteiger partial charge in [-0.15, -0.1) is 0 Å². The minimum atomic E-state index is 0.457. The van der Waals surface area contributed by atoms with E-state index in [1.54, 1.807) is 26.6 Å². The molecule has 0 fully saturated rings. The summed E-state index contributed by atoms with van der Waals surface area (Å²) < 4.78 is 10.8. The second-order valence-corrected chi connectivity index (χ2v) is 3.82. The molecule has 1 heterocycles. The van der Waals surface area contributed by atoms with Gasteiger partial charge in [-0.25, -0.2) is 0 Å². The molecule has 0 spiro atoms. The van der Waals surface area contributed by atoms with E-state index >= 15 is 0 Å². The van der Waals surface area contributed by atoms with E-state index in [-0.39, 0.29) is 0 Å². The van der Waals surface area contributed by atoms with Crippen molar-refractivity contribution in [2.24, 2.45) is 5.73 Å². The van der Waals surface area contributed by atoms with Gasteiger partial charge in [0.2, 0.25) is 0 Å². The predicted molar refractivity (Wildman–Crippen MR) is 70.7 cm³/mol. The molecular weight excluding hydrogens is 228 g/mol. The highest BCUT2D eigenvalue weighted by Gasteiger charge is 2.12. The van der Waals surface area contributed by atoms with Crippen molar-refractivity contribution in [3.63, 3.8) is 0 Å². The van der Waals surface area contributed by atoms with Crippen LogP contribution in [0, 0.1) is 0 Å². The molecule has 0 atom stereocenters. The molecule has 0 saturated heterocycles. The Labute approximate surface area is 106 Å². The Morgan fingerprint density at radius 3 is 2.33 bits per heavy atom. The number of nitrogens with two attached hydrogens (primary N) is 1. The van der Waals surface area contributed by atoms with Gasteiger partial charge in [0.05, 0.1) is 19.8 Å². The van der Waals surface area contributed by atoms with E-state index in [2.05, 4.69) is 4.98 Å². The summed E-state index contributed by atoms with van der Waals surface area (Å²) in [5.41, 5.74) is 8.44. The van der Waals surface area contributed by atoms with E-state index in [0.29, 0.717) is 6.54 Å². The van der Waals surface area contributed by atoms with Crippen LogP contribution in [0.2, 0.25) is 0 Å². The first-order chi connectivity index (χ1) is 8.80. The largest absolute Gasteiger partial charge is 0.496 e. The Morgan fingerprint density at radius 2 is 1.78 bits per heavy atom. The molecule has 0 saturated carbocycles. The van der Waals surface area contributed by atoms with Crippen LogP contribution in [0.15, 0.2) is 36.7 Å². The molecule has 0 bridgehead atoms. The normalized spacial score (nSPS) is 10.2. The molecule has 1 aromatic heterocycles. The van der Waals surface area contributed by atoms with Gasteiger partial charge in [0.25, 0.3) is 0 Å². The zero-order valence-electron chi connectivity index (χ0n) is 10.5. The molecular formula is C14H16N2O2. The molecule has 0 aliphatic carbocycles. The maximum Gasteiger partial charge on any atom is 0.130 e. The van der Waals surface area contributed by atoms with Crippen molar-refractivity contribution in [2.75, 3.05) is 14.2 Å². The highest BCUT2D eigenvalue weighted by Crippen LogP contribution is 2.37. The molecule has 2 aromatic rings. The molecule has 4 heteroatoms. The van der Waals surface area contributed by atoms with E-state index in [1.807, 2.05) is 24.3 Å². The van der Waals surface area contributed by atoms with Crippen LogP contribution in [0.1, 0.15) is 5.56 Å². The smallest absolute Gasteiger partial charge is 0.130 e. The van der Waals surface area contributed by atoms with Crippen LogP contribution in [-0.2, 0) is 6.54 Å². The highest BCUT2D eigenvalue weighted by molar-refractivity contribution is 5.76. The standard InChI is InChI=1S/C14H16N2O2/c1-17-12-4-3-5-13(18-2)14(12)11-6-10(7-15)8-16-9-11/h3-6,8-9H,7,15H2,1-2H3. The third kappa shape index (κ3) is 2.28. The topological polar surface area (TPSA) is 57.4 Å². The van der Waals surface area contributed by atoms with E-state index in [0.717, 1.165) is 28.2 Å². The monoisotopic (exact) mass is 244 g/mol. The average Bonchev–Trinajstić information content (AvgIpc) is 2.46. The van der Waals surface area contributed by atoms with E-state index in [4.69, 9.17) is 15.2 Å². The average molecular weight is 244 g/mol. The molecule has 0 aliphatic rings. The maximum atomic E-state index is 5.64. The summed E-state index contributed by atoms with van der Waals surface area (Å²) in [7, 11) is 3.27. The number of pyridine rings is 1. The van der Waals surface area contributed by atoms with Gasteiger partial charge in [0.1, 0.15) is 11.5 Å². The van der Waals surface area contributed by atoms with Gasteiger partial charge in [-0.1, -0.05) is 6.07 Å². The second kappa shape index (κ2) is 5.51. The molecule has 0 unspecified atom stereocenters. The fraction of sp³-hybridized carbons (Fsp3) is 0.214. The van der Waals surface area contributed by atoms with Gasteiger partial charge in [-0.05, 0) is 23.8 Å². The lowest BCUT2D eigenvalue weighted by Crippen LogP contribution is -1.98. The highest BCUT2D eigenvalue weighted by atomic mass is 16.5. The third-order valence-corrected chi connectivity index (χ3v) is 2.75. The van der Waals surface area contributed by atoms with Crippen molar-refractivity contribution in [3.05, 3.63) is 42.2 Å². The lowest BCUT2D eigenvalue weighted by Gasteiger charge is -2.13. The van der Waals surface area contributed by atoms with Crippen LogP contribution in [0.5, 0.6) is 11.5 Å². The van der Waals surface area contributed by atoms with Crippen LogP contribution in [-0.4, -0.2) is 19.2 Å². The van der Waals surface area contributed by atoms with Crippen LogP contribution in [0.4, 0.5) is 0 Å². The molecule has 94 valence electrons. The number of rotatable bonds is 4. The number of hydrogen-bond acceptors (Lipinski definition) is 4. The van der Waals surface area contributed by atoms with Gasteiger partial charge < -0.3 is 15.2 Å². The second-order valence-electron chi connectivity index (χ2n) is 3.82. The lowest BCUT2D eigenvalue weighted by atomic mass is 10.0. The van der Waals surface area contributed by atoms with Crippen molar-refractivity contribution >= 4 is 0 Å². The summed E-state index contributed by atoms with van der Waals surface area (Å²) >= 11 is 0. The Kier molecular flexibility index (Phi) is 3.79. The number of methoxy groups -OCH3 is 2. The zero-order valence-corrected chi connectivity index (χ0v) is 10.5. The fourth-order valence-electron chi connectivity index (χ4n) is 1.87. The number of benzene rings is 1. The minimum absolute atomic E-state index is 0.457.